The first-order chi connectivity index (χ1) is 12.7. The highest BCUT2D eigenvalue weighted by molar-refractivity contribution is 7.15. The second-order valence-corrected chi connectivity index (χ2v) is 7.47. The van der Waals surface area contributed by atoms with E-state index in [4.69, 9.17) is 18.6 Å². The minimum Gasteiger partial charge on any atom is -0.323 e. The lowest BCUT2D eigenvalue weighted by molar-refractivity contribution is -2.00. The lowest BCUT2D eigenvalue weighted by Gasteiger charge is -2.17. The van der Waals surface area contributed by atoms with Crippen LogP contribution in [0.3, 0.4) is 0 Å². The van der Waals surface area contributed by atoms with Crippen LogP contribution in [0.4, 0.5) is 0 Å². The van der Waals surface area contributed by atoms with E-state index in [-0.39, 0.29) is 0 Å². The number of hydrogen-bond acceptors (Lipinski definition) is 5. The largest absolute Gasteiger partial charge is 0.323 e. The van der Waals surface area contributed by atoms with E-state index in [0.717, 1.165) is 0 Å². The molecule has 0 atom stereocenters. The molecule has 1 aromatic heterocycles. The Morgan fingerprint density at radius 3 is 1.56 bits per heavy atom. The molecule has 0 fully saturated rings. The van der Waals surface area contributed by atoms with Gasteiger partial charge in [0.05, 0.1) is 0 Å². The molecule has 7 heteroatoms. The fourth-order valence-electron chi connectivity index (χ4n) is 2.18. The van der Waals surface area contributed by atoms with Gasteiger partial charge in [0, 0.05) is 24.6 Å². The van der Waals surface area contributed by atoms with Crippen molar-refractivity contribution >= 4 is 11.3 Å². The number of benzene rings is 2. The van der Waals surface area contributed by atoms with Gasteiger partial charge in [0.25, 0.3) is 0 Å². The normalized spacial score (nSPS) is 10.2. The Morgan fingerprint density at radius 1 is 0.704 bits per heavy atom. The third kappa shape index (κ3) is 10.1. The van der Waals surface area contributed by atoms with E-state index in [1.165, 1.54) is 26.4 Å². The van der Waals surface area contributed by atoms with Gasteiger partial charge in [0.1, 0.15) is 0 Å². The monoisotopic (exact) mass is 407 g/mol. The smallest absolute Gasteiger partial charge is 0.238 e. The molecule has 0 radical (unpaired) electrons. The lowest BCUT2D eigenvalue weighted by atomic mass is 10.1. The van der Waals surface area contributed by atoms with Gasteiger partial charge in [0.15, 0.2) is 0 Å². The summed E-state index contributed by atoms with van der Waals surface area (Å²) in [4.78, 5) is 2.65. The van der Waals surface area contributed by atoms with Crippen molar-refractivity contribution in [2.45, 2.75) is 6.92 Å². The molecule has 0 aliphatic carbocycles. The van der Waals surface area contributed by atoms with Crippen molar-refractivity contribution in [1.82, 2.24) is 5.32 Å². The molecular weight excluding hydrogens is 386 g/mol. The third-order valence-electron chi connectivity index (χ3n) is 3.08. The van der Waals surface area contributed by atoms with Gasteiger partial charge in [-0.2, -0.15) is 0 Å². The predicted molar refractivity (Wildman–Crippen MR) is 99.3 cm³/mol. The van der Waals surface area contributed by atoms with Crippen molar-refractivity contribution < 1.29 is 28.9 Å². The van der Waals surface area contributed by atoms with Crippen molar-refractivity contribution in [3.63, 3.8) is 0 Å². The standard InChI is InChI=1S/C18H15S.C2H7N.ClHO4/c1-14-12-17(15-8-4-2-5-9-15)13-18(19-14)16-10-6-3-7-11-16;1-3-2;2-1(3,4)5/h2-13H,1H3;3H,1-2H3;(H,2,3,4,5)/q+1;;/p-1. The second-order valence-electron chi connectivity index (χ2n) is 5.43. The summed E-state index contributed by atoms with van der Waals surface area (Å²) in [7, 11) is -1.19. The molecule has 1 N–H and O–H groups in total. The van der Waals surface area contributed by atoms with E-state index in [0.29, 0.717) is 0 Å². The summed E-state index contributed by atoms with van der Waals surface area (Å²) in [6, 6.07) is 25.7. The fourth-order valence-corrected chi connectivity index (χ4v) is 3.15. The maximum Gasteiger partial charge on any atom is 0.238 e. The summed E-state index contributed by atoms with van der Waals surface area (Å²) in [5.41, 5.74) is 3.85. The molecule has 0 saturated heterocycles. The first-order valence-electron chi connectivity index (χ1n) is 8.00. The maximum absolute atomic E-state index is 8.49. The molecule has 0 aliphatic heterocycles. The Kier molecular flexibility index (Phi) is 10.1. The molecule has 0 unspecified atom stereocenters. The van der Waals surface area contributed by atoms with E-state index in [1.807, 2.05) is 25.4 Å². The van der Waals surface area contributed by atoms with Gasteiger partial charge in [-0.25, -0.2) is 18.6 Å². The SMILES string of the molecule is CNC.Cc1cc(-c2ccccc2)cc(-c2ccccc2)[s+]1.[O-][Cl+3]([O-])([O-])[O-]. The molecule has 0 amide bonds. The molecule has 1 heterocycles. The van der Waals surface area contributed by atoms with E-state index in [2.05, 4.69) is 85.0 Å². The van der Waals surface area contributed by atoms with Crippen LogP contribution in [0.25, 0.3) is 21.6 Å². The Balaban J connectivity index is 0.000000390. The Morgan fingerprint density at radius 2 is 1.11 bits per heavy atom. The summed E-state index contributed by atoms with van der Waals surface area (Å²) >= 11 is 1.84. The summed E-state index contributed by atoms with van der Waals surface area (Å²) in [6.07, 6.45) is 0. The van der Waals surface area contributed by atoms with Crippen molar-refractivity contribution in [3.05, 3.63) is 77.7 Å². The van der Waals surface area contributed by atoms with Crippen LogP contribution in [-0.2, 0) is 0 Å². The average Bonchev–Trinajstić information content (AvgIpc) is 2.62. The molecule has 0 aliphatic rings. The van der Waals surface area contributed by atoms with Gasteiger partial charge in [0.2, 0.25) is 21.1 Å². The second kappa shape index (κ2) is 11.7. The van der Waals surface area contributed by atoms with Crippen LogP contribution < -0.4 is 24.0 Å². The van der Waals surface area contributed by atoms with Crippen LogP contribution in [0.1, 0.15) is 4.88 Å². The summed E-state index contributed by atoms with van der Waals surface area (Å²) in [5.74, 6) is 0. The lowest BCUT2D eigenvalue weighted by Crippen LogP contribution is -2.68. The molecule has 3 aromatic rings. The highest BCUT2D eigenvalue weighted by Gasteiger charge is 2.14. The van der Waals surface area contributed by atoms with Crippen molar-refractivity contribution in [2.75, 3.05) is 14.1 Å². The van der Waals surface area contributed by atoms with Crippen molar-refractivity contribution in [2.24, 2.45) is 0 Å². The number of rotatable bonds is 2. The van der Waals surface area contributed by atoms with Crippen molar-refractivity contribution in [3.8, 4) is 21.6 Å². The van der Waals surface area contributed by atoms with Gasteiger partial charge >= 0.3 is 0 Å². The summed E-state index contributed by atoms with van der Waals surface area (Å²) in [6.45, 7) is 2.17. The van der Waals surface area contributed by atoms with Crippen LogP contribution in [0, 0.1) is 17.2 Å². The molecule has 144 valence electrons. The third-order valence-corrected chi connectivity index (χ3v) is 4.10. The molecular formula is C20H22ClNO4S. The van der Waals surface area contributed by atoms with E-state index < -0.39 is 10.2 Å². The van der Waals surface area contributed by atoms with Crippen LogP contribution in [0.5, 0.6) is 0 Å². The first-order valence-corrected chi connectivity index (χ1v) is 10.1. The quantitative estimate of drug-likeness (QED) is 0.631. The van der Waals surface area contributed by atoms with Crippen LogP contribution in [0.15, 0.2) is 72.8 Å². The number of hydrogen-bond donors (Lipinski definition) is 1. The first kappa shape index (κ1) is 23.1. The van der Waals surface area contributed by atoms with Gasteiger partial charge in [-0.05, 0) is 37.4 Å². The molecule has 0 bridgehead atoms. The minimum atomic E-state index is -4.94. The predicted octanol–water partition coefficient (Wildman–Crippen LogP) is 0.751. The number of nitrogens with one attached hydrogen (secondary N) is 1. The maximum atomic E-state index is 8.49. The topological polar surface area (TPSA) is 104 Å². The zero-order chi connectivity index (χ0) is 20.3. The van der Waals surface area contributed by atoms with E-state index in [1.54, 1.807) is 0 Å². The molecule has 5 nitrogen and oxygen atoms in total. The van der Waals surface area contributed by atoms with Gasteiger partial charge in [-0.3, -0.25) is 0 Å². The molecule has 3 rings (SSSR count). The minimum absolute atomic E-state index is 1.27. The van der Waals surface area contributed by atoms with E-state index in [9.17, 15) is 0 Å². The van der Waals surface area contributed by atoms with E-state index >= 15 is 0 Å². The Bertz CT molecular complexity index is 732. The van der Waals surface area contributed by atoms with Crippen molar-refractivity contribution in [1.29, 1.82) is 0 Å². The van der Waals surface area contributed by atoms with Crippen LogP contribution in [-0.4, -0.2) is 14.1 Å². The van der Waals surface area contributed by atoms with Gasteiger partial charge < -0.3 is 5.32 Å². The molecule has 0 saturated carbocycles. The van der Waals surface area contributed by atoms with Gasteiger partial charge in [-0.15, -0.1) is 10.2 Å². The number of aryl methyl sites for hydroxylation is 1. The molecule has 0 spiro atoms. The highest BCUT2D eigenvalue weighted by atomic mass is 35.7. The zero-order valence-corrected chi connectivity index (χ0v) is 16.9. The summed E-state index contributed by atoms with van der Waals surface area (Å²) in [5, 5.41) is 2.75. The summed E-state index contributed by atoms with van der Waals surface area (Å²) < 4.78 is 34.0. The van der Waals surface area contributed by atoms with Crippen LogP contribution >= 0.6 is 11.3 Å². The highest BCUT2D eigenvalue weighted by Crippen LogP contribution is 2.31. The molecule has 2 aromatic carbocycles. The Hall–Kier alpha value is -1.90. The van der Waals surface area contributed by atoms with Gasteiger partial charge in [-0.1, -0.05) is 48.5 Å². The average molecular weight is 408 g/mol. The number of halogens is 1. The zero-order valence-electron chi connectivity index (χ0n) is 15.3. The van der Waals surface area contributed by atoms with Crippen LogP contribution in [0.2, 0.25) is 0 Å². The fraction of sp³-hybridized carbons (Fsp3) is 0.150. The Labute approximate surface area is 165 Å². The molecule has 27 heavy (non-hydrogen) atoms.